The van der Waals surface area contributed by atoms with Crippen LogP contribution in [0.4, 0.5) is 0 Å². The highest BCUT2D eigenvalue weighted by molar-refractivity contribution is 6.30. The van der Waals surface area contributed by atoms with E-state index >= 15 is 0 Å². The predicted molar refractivity (Wildman–Crippen MR) is 108 cm³/mol. The van der Waals surface area contributed by atoms with Crippen molar-refractivity contribution in [2.45, 2.75) is 18.7 Å². The molecule has 3 rings (SSSR count). The van der Waals surface area contributed by atoms with Crippen LogP contribution in [0.1, 0.15) is 27.5 Å². The molecule has 27 heavy (non-hydrogen) atoms. The number of hydrogen-bond donors (Lipinski definition) is 2. The zero-order chi connectivity index (χ0) is 19.2. The third-order valence-corrected chi connectivity index (χ3v) is 5.12. The number of carbonyl (C=O) groups is 1. The number of hydrogen-bond acceptors (Lipinski definition) is 4. The van der Waals surface area contributed by atoms with E-state index in [0.717, 1.165) is 35.8 Å². The average molecular weight is 388 g/mol. The summed E-state index contributed by atoms with van der Waals surface area (Å²) in [5, 5.41) is 6.99. The fourth-order valence-corrected chi connectivity index (χ4v) is 3.42. The van der Waals surface area contributed by atoms with Gasteiger partial charge in [-0.1, -0.05) is 35.9 Å². The third kappa shape index (κ3) is 5.30. The van der Waals surface area contributed by atoms with Crippen LogP contribution in [0, 0.1) is 0 Å². The van der Waals surface area contributed by atoms with Crippen molar-refractivity contribution >= 4 is 17.5 Å². The molecule has 0 radical (unpaired) electrons. The van der Waals surface area contributed by atoms with Gasteiger partial charge in [-0.05, 0) is 42.4 Å². The highest BCUT2D eigenvalue weighted by atomic mass is 35.5. The molecule has 1 aliphatic rings. The number of morpholine rings is 1. The van der Waals surface area contributed by atoms with E-state index in [0.29, 0.717) is 12.1 Å². The largest absolute Gasteiger partial charge is 0.374 e. The Morgan fingerprint density at radius 3 is 2.56 bits per heavy atom. The summed E-state index contributed by atoms with van der Waals surface area (Å²) in [5.41, 5.74) is 2.93. The van der Waals surface area contributed by atoms with Gasteiger partial charge in [-0.15, -0.1) is 0 Å². The van der Waals surface area contributed by atoms with Gasteiger partial charge in [0.25, 0.3) is 5.91 Å². The quantitative estimate of drug-likeness (QED) is 0.800. The van der Waals surface area contributed by atoms with Crippen LogP contribution >= 0.6 is 11.6 Å². The summed E-state index contributed by atoms with van der Waals surface area (Å²) < 4.78 is 6.06. The molecule has 1 amide bonds. The molecule has 0 aliphatic carbocycles. The molecule has 6 heteroatoms. The van der Waals surface area contributed by atoms with E-state index in [9.17, 15) is 4.79 Å². The summed E-state index contributed by atoms with van der Waals surface area (Å²) in [7, 11) is 3.75. The summed E-state index contributed by atoms with van der Waals surface area (Å²) in [4.78, 5) is 14.0. The second kappa shape index (κ2) is 9.33. The summed E-state index contributed by atoms with van der Waals surface area (Å²) in [6, 6.07) is 15.6. The summed E-state index contributed by atoms with van der Waals surface area (Å²) in [6.45, 7) is 3.24. The minimum absolute atomic E-state index is 0.0589. The van der Waals surface area contributed by atoms with Gasteiger partial charge in [-0.2, -0.15) is 0 Å². The Morgan fingerprint density at radius 2 is 1.93 bits per heavy atom. The number of ether oxygens (including phenoxy) is 1. The Hall–Kier alpha value is -1.92. The van der Waals surface area contributed by atoms with Crippen molar-refractivity contribution in [3.05, 3.63) is 70.2 Å². The molecule has 2 aromatic carbocycles. The molecule has 2 unspecified atom stereocenters. The zero-order valence-corrected chi connectivity index (χ0v) is 16.5. The van der Waals surface area contributed by atoms with Gasteiger partial charge in [0.05, 0.1) is 18.8 Å². The molecule has 2 aromatic rings. The van der Waals surface area contributed by atoms with Gasteiger partial charge in [0.2, 0.25) is 0 Å². The third-order valence-electron chi connectivity index (χ3n) is 4.87. The minimum Gasteiger partial charge on any atom is -0.374 e. The van der Waals surface area contributed by atoms with Crippen LogP contribution in [-0.4, -0.2) is 50.7 Å². The van der Waals surface area contributed by atoms with Gasteiger partial charge in [0, 0.05) is 37.3 Å². The molecular weight excluding hydrogens is 362 g/mol. The molecule has 0 spiro atoms. The highest BCUT2D eigenvalue weighted by Gasteiger charge is 2.27. The lowest BCUT2D eigenvalue weighted by molar-refractivity contribution is -0.0396. The first kappa shape index (κ1) is 19.8. The van der Waals surface area contributed by atoms with Gasteiger partial charge in [0.15, 0.2) is 0 Å². The number of halogens is 1. The number of benzene rings is 2. The maximum atomic E-state index is 11.7. The molecule has 1 heterocycles. The molecule has 1 saturated heterocycles. The van der Waals surface area contributed by atoms with E-state index in [1.54, 1.807) is 7.05 Å². The molecule has 0 saturated carbocycles. The zero-order valence-electron chi connectivity index (χ0n) is 15.7. The van der Waals surface area contributed by atoms with Gasteiger partial charge in [0.1, 0.15) is 0 Å². The van der Waals surface area contributed by atoms with Crippen molar-refractivity contribution in [2.75, 3.05) is 33.8 Å². The lowest BCUT2D eigenvalue weighted by Gasteiger charge is -2.36. The van der Waals surface area contributed by atoms with Crippen molar-refractivity contribution in [2.24, 2.45) is 0 Å². The van der Waals surface area contributed by atoms with Crippen LogP contribution in [-0.2, 0) is 11.3 Å². The van der Waals surface area contributed by atoms with Crippen LogP contribution in [0.5, 0.6) is 0 Å². The van der Waals surface area contributed by atoms with Gasteiger partial charge in [-0.3, -0.25) is 4.79 Å². The number of rotatable bonds is 6. The topological polar surface area (TPSA) is 53.6 Å². The van der Waals surface area contributed by atoms with Crippen molar-refractivity contribution in [3.63, 3.8) is 0 Å². The average Bonchev–Trinajstić information content (AvgIpc) is 2.69. The Morgan fingerprint density at radius 1 is 1.22 bits per heavy atom. The molecule has 0 aromatic heterocycles. The summed E-state index contributed by atoms with van der Waals surface area (Å²) >= 11 is 6.06. The van der Waals surface area contributed by atoms with Gasteiger partial charge < -0.3 is 20.3 Å². The second-order valence-corrected chi connectivity index (χ2v) is 7.29. The Labute approximate surface area is 165 Å². The first-order valence-electron chi connectivity index (χ1n) is 9.17. The molecule has 2 atom stereocenters. The Kier molecular flexibility index (Phi) is 6.85. The van der Waals surface area contributed by atoms with E-state index in [2.05, 4.69) is 22.6 Å². The Balaban J connectivity index is 1.73. The number of amides is 1. The van der Waals surface area contributed by atoms with Crippen LogP contribution in [0.15, 0.2) is 48.5 Å². The van der Waals surface area contributed by atoms with E-state index in [-0.39, 0.29) is 18.1 Å². The van der Waals surface area contributed by atoms with Gasteiger partial charge in [-0.25, -0.2) is 0 Å². The van der Waals surface area contributed by atoms with Crippen LogP contribution in [0.25, 0.3) is 0 Å². The lowest BCUT2D eigenvalue weighted by Crippen LogP contribution is -2.46. The molecule has 0 bridgehead atoms. The first-order chi connectivity index (χ1) is 13.1. The normalized spacial score (nSPS) is 18.9. The SMILES string of the molecule is CNC(=O)c1ccc(CNC(c2ccc(Cl)cc2)C2CN(C)CCO2)cc1. The van der Waals surface area contributed by atoms with Crippen molar-refractivity contribution in [1.82, 2.24) is 15.5 Å². The fourth-order valence-electron chi connectivity index (χ4n) is 3.29. The molecule has 144 valence electrons. The van der Waals surface area contributed by atoms with Crippen molar-refractivity contribution in [1.29, 1.82) is 0 Å². The number of likely N-dealkylation sites (N-methyl/N-ethyl adjacent to an activating group) is 1. The monoisotopic (exact) mass is 387 g/mol. The van der Waals surface area contributed by atoms with Crippen LogP contribution in [0.3, 0.4) is 0 Å². The first-order valence-corrected chi connectivity index (χ1v) is 9.54. The molecule has 2 N–H and O–H groups in total. The molecule has 1 fully saturated rings. The molecule has 5 nitrogen and oxygen atoms in total. The second-order valence-electron chi connectivity index (χ2n) is 6.86. The summed E-state index contributed by atoms with van der Waals surface area (Å²) in [5.74, 6) is -0.0767. The number of carbonyl (C=O) groups excluding carboxylic acids is 1. The standard InChI is InChI=1S/C21H26ClN3O2/c1-23-21(26)17-5-3-15(4-6-17)13-24-20(16-7-9-18(22)10-8-16)19-14-25(2)11-12-27-19/h3-10,19-20,24H,11-14H2,1-2H3,(H,23,26). The molecule has 1 aliphatic heterocycles. The lowest BCUT2D eigenvalue weighted by atomic mass is 9.99. The maximum absolute atomic E-state index is 11.7. The highest BCUT2D eigenvalue weighted by Crippen LogP contribution is 2.24. The van der Waals surface area contributed by atoms with Crippen molar-refractivity contribution < 1.29 is 9.53 Å². The van der Waals surface area contributed by atoms with E-state index in [1.807, 2.05) is 48.5 Å². The minimum atomic E-state index is -0.0767. The van der Waals surface area contributed by atoms with Gasteiger partial charge >= 0.3 is 0 Å². The smallest absolute Gasteiger partial charge is 0.251 e. The van der Waals surface area contributed by atoms with E-state index in [4.69, 9.17) is 16.3 Å². The van der Waals surface area contributed by atoms with Crippen LogP contribution in [0.2, 0.25) is 5.02 Å². The summed E-state index contributed by atoms with van der Waals surface area (Å²) in [6.07, 6.45) is 0.0649. The maximum Gasteiger partial charge on any atom is 0.251 e. The fraction of sp³-hybridized carbons (Fsp3) is 0.381. The Bertz CT molecular complexity index is 749. The number of nitrogens with zero attached hydrogens (tertiary/aromatic N) is 1. The predicted octanol–water partition coefficient (Wildman–Crippen LogP) is 2.86. The number of nitrogens with one attached hydrogen (secondary N) is 2. The van der Waals surface area contributed by atoms with Crippen LogP contribution < -0.4 is 10.6 Å². The molecular formula is C21H26ClN3O2. The van der Waals surface area contributed by atoms with E-state index in [1.165, 1.54) is 0 Å². The van der Waals surface area contributed by atoms with Crippen molar-refractivity contribution in [3.8, 4) is 0 Å². The van der Waals surface area contributed by atoms with E-state index < -0.39 is 0 Å².